The summed E-state index contributed by atoms with van der Waals surface area (Å²) in [6, 6.07) is 17.9. The van der Waals surface area contributed by atoms with Crippen LogP contribution in [0.4, 0.5) is 0 Å². The Bertz CT molecular complexity index is 832. The molecule has 26 heavy (non-hydrogen) atoms. The standard InChI is InChI=1S/C22H23NO3/c1-14-7-5-6-10-16(14)17-11-18(17)21(24)23-12-19(20(13-23)22(25)26)15-8-3-2-4-9-15/h2-10,17-20H,11-13H2,1H3,(H,25,26)/t17?,18?,19-,20-/m0/s1. The maximum absolute atomic E-state index is 13.0. The van der Waals surface area contributed by atoms with Crippen molar-refractivity contribution in [3.05, 3.63) is 71.3 Å². The van der Waals surface area contributed by atoms with Crippen molar-refractivity contribution >= 4 is 11.9 Å². The fourth-order valence-electron chi connectivity index (χ4n) is 4.32. The van der Waals surface area contributed by atoms with Crippen molar-refractivity contribution in [2.75, 3.05) is 13.1 Å². The van der Waals surface area contributed by atoms with E-state index in [1.54, 1.807) is 4.90 Å². The summed E-state index contributed by atoms with van der Waals surface area (Å²) in [6.45, 7) is 2.89. The SMILES string of the molecule is Cc1ccccc1C1CC1C(=O)N1C[C@H](C(=O)O)[C@H](c2ccccc2)C1. The van der Waals surface area contributed by atoms with Crippen molar-refractivity contribution < 1.29 is 14.7 Å². The Balaban J connectivity index is 1.50. The van der Waals surface area contributed by atoms with E-state index in [1.807, 2.05) is 42.5 Å². The quantitative estimate of drug-likeness (QED) is 0.920. The van der Waals surface area contributed by atoms with Crippen LogP contribution in [0.25, 0.3) is 0 Å². The molecular formula is C22H23NO3. The molecule has 2 fully saturated rings. The van der Waals surface area contributed by atoms with Crippen LogP contribution in [0.1, 0.15) is 34.9 Å². The molecule has 4 rings (SSSR count). The van der Waals surface area contributed by atoms with Crippen molar-refractivity contribution in [2.45, 2.75) is 25.2 Å². The number of carbonyl (C=O) groups excluding carboxylic acids is 1. The van der Waals surface area contributed by atoms with Gasteiger partial charge < -0.3 is 10.0 Å². The van der Waals surface area contributed by atoms with Gasteiger partial charge in [0.25, 0.3) is 0 Å². The minimum Gasteiger partial charge on any atom is -0.481 e. The van der Waals surface area contributed by atoms with E-state index in [0.717, 1.165) is 12.0 Å². The number of nitrogens with zero attached hydrogens (tertiary/aromatic N) is 1. The van der Waals surface area contributed by atoms with E-state index in [1.165, 1.54) is 11.1 Å². The number of hydrogen-bond acceptors (Lipinski definition) is 2. The number of benzene rings is 2. The first-order chi connectivity index (χ1) is 12.6. The Kier molecular flexibility index (Phi) is 4.27. The monoisotopic (exact) mass is 349 g/mol. The van der Waals surface area contributed by atoms with Gasteiger partial charge in [-0.1, -0.05) is 54.6 Å². The van der Waals surface area contributed by atoms with Gasteiger partial charge in [-0.15, -0.1) is 0 Å². The molecule has 4 heteroatoms. The molecule has 0 bridgehead atoms. The summed E-state index contributed by atoms with van der Waals surface area (Å²) in [5.74, 6) is -1.09. The average molecular weight is 349 g/mol. The fraction of sp³-hybridized carbons (Fsp3) is 0.364. The number of likely N-dealkylation sites (tertiary alicyclic amines) is 1. The Labute approximate surface area is 153 Å². The minimum absolute atomic E-state index is 0.0000632. The van der Waals surface area contributed by atoms with E-state index in [0.29, 0.717) is 13.1 Å². The molecule has 1 N–H and O–H groups in total. The first kappa shape index (κ1) is 16.8. The lowest BCUT2D eigenvalue weighted by molar-refractivity contribution is -0.142. The first-order valence-electron chi connectivity index (χ1n) is 9.18. The zero-order valence-corrected chi connectivity index (χ0v) is 14.8. The number of hydrogen-bond donors (Lipinski definition) is 1. The van der Waals surface area contributed by atoms with Crippen LogP contribution < -0.4 is 0 Å². The van der Waals surface area contributed by atoms with Crippen LogP contribution in [-0.2, 0) is 9.59 Å². The van der Waals surface area contributed by atoms with Gasteiger partial charge in [-0.2, -0.15) is 0 Å². The number of rotatable bonds is 4. The number of carboxylic acid groups (broad SMARTS) is 1. The molecular weight excluding hydrogens is 326 g/mol. The predicted molar refractivity (Wildman–Crippen MR) is 98.9 cm³/mol. The van der Waals surface area contributed by atoms with Gasteiger partial charge >= 0.3 is 5.97 Å². The summed E-state index contributed by atoms with van der Waals surface area (Å²) in [6.07, 6.45) is 0.869. The smallest absolute Gasteiger partial charge is 0.308 e. The predicted octanol–water partition coefficient (Wildman–Crippen LogP) is 3.43. The van der Waals surface area contributed by atoms with E-state index < -0.39 is 11.9 Å². The van der Waals surface area contributed by atoms with Gasteiger partial charge in [0.15, 0.2) is 0 Å². The highest BCUT2D eigenvalue weighted by Crippen LogP contribution is 2.50. The zero-order valence-electron chi connectivity index (χ0n) is 14.8. The Morgan fingerprint density at radius 2 is 1.62 bits per heavy atom. The Morgan fingerprint density at radius 3 is 2.31 bits per heavy atom. The van der Waals surface area contributed by atoms with Gasteiger partial charge in [-0.3, -0.25) is 9.59 Å². The number of carbonyl (C=O) groups is 2. The number of amides is 1. The molecule has 0 spiro atoms. The summed E-state index contributed by atoms with van der Waals surface area (Å²) < 4.78 is 0. The second kappa shape index (κ2) is 6.60. The second-order valence-corrected chi connectivity index (χ2v) is 7.51. The van der Waals surface area contributed by atoms with Crippen molar-refractivity contribution in [3.8, 4) is 0 Å². The molecule has 1 heterocycles. The molecule has 0 aromatic heterocycles. The van der Waals surface area contributed by atoms with Gasteiger partial charge in [0.2, 0.25) is 5.91 Å². The molecule has 2 aromatic rings. The molecule has 1 aliphatic carbocycles. The fourth-order valence-corrected chi connectivity index (χ4v) is 4.32. The molecule has 1 amide bonds. The van der Waals surface area contributed by atoms with Gasteiger partial charge in [0, 0.05) is 24.9 Å². The molecule has 1 saturated heterocycles. The van der Waals surface area contributed by atoms with Gasteiger partial charge in [-0.25, -0.2) is 0 Å². The molecule has 2 unspecified atom stereocenters. The lowest BCUT2D eigenvalue weighted by atomic mass is 9.89. The largest absolute Gasteiger partial charge is 0.481 e. The number of carboxylic acids is 1. The van der Waals surface area contributed by atoms with E-state index in [4.69, 9.17) is 0 Å². The molecule has 4 nitrogen and oxygen atoms in total. The van der Waals surface area contributed by atoms with Gasteiger partial charge in [-0.05, 0) is 36.0 Å². The van der Waals surface area contributed by atoms with Crippen LogP contribution in [0, 0.1) is 18.8 Å². The molecule has 2 aliphatic rings. The van der Waals surface area contributed by atoms with Gasteiger partial charge in [0.05, 0.1) is 5.92 Å². The van der Waals surface area contributed by atoms with Crippen LogP contribution in [0.2, 0.25) is 0 Å². The summed E-state index contributed by atoms with van der Waals surface area (Å²) >= 11 is 0. The first-order valence-corrected chi connectivity index (χ1v) is 9.18. The van der Waals surface area contributed by atoms with Crippen LogP contribution in [-0.4, -0.2) is 35.0 Å². The normalized spacial score (nSPS) is 27.3. The highest BCUT2D eigenvalue weighted by atomic mass is 16.4. The minimum atomic E-state index is -0.819. The molecule has 0 radical (unpaired) electrons. The van der Waals surface area contributed by atoms with Crippen LogP contribution in [0.5, 0.6) is 0 Å². The highest BCUT2D eigenvalue weighted by Gasteiger charge is 2.49. The summed E-state index contributed by atoms with van der Waals surface area (Å²) in [5, 5.41) is 9.63. The molecule has 4 atom stereocenters. The Hall–Kier alpha value is -2.62. The third-order valence-corrected chi connectivity index (χ3v) is 5.87. The van der Waals surface area contributed by atoms with Crippen LogP contribution in [0.15, 0.2) is 54.6 Å². The topological polar surface area (TPSA) is 57.6 Å². The van der Waals surface area contributed by atoms with E-state index in [9.17, 15) is 14.7 Å². The molecule has 2 aromatic carbocycles. The molecule has 1 saturated carbocycles. The maximum Gasteiger partial charge on any atom is 0.308 e. The summed E-state index contributed by atoms with van der Waals surface area (Å²) in [5.41, 5.74) is 3.47. The lowest BCUT2D eigenvalue weighted by Gasteiger charge is -2.17. The third-order valence-electron chi connectivity index (χ3n) is 5.87. The van der Waals surface area contributed by atoms with Crippen LogP contribution >= 0.6 is 0 Å². The van der Waals surface area contributed by atoms with Crippen molar-refractivity contribution in [1.82, 2.24) is 4.90 Å². The Morgan fingerprint density at radius 1 is 0.923 bits per heavy atom. The van der Waals surface area contributed by atoms with Crippen molar-refractivity contribution in [3.63, 3.8) is 0 Å². The van der Waals surface area contributed by atoms with Crippen LogP contribution in [0.3, 0.4) is 0 Å². The molecule has 134 valence electrons. The molecule has 1 aliphatic heterocycles. The highest BCUT2D eigenvalue weighted by molar-refractivity contribution is 5.85. The average Bonchev–Trinajstić information content (AvgIpc) is 3.31. The van der Waals surface area contributed by atoms with E-state index in [2.05, 4.69) is 19.1 Å². The van der Waals surface area contributed by atoms with E-state index >= 15 is 0 Å². The summed E-state index contributed by atoms with van der Waals surface area (Å²) in [7, 11) is 0. The second-order valence-electron chi connectivity index (χ2n) is 7.51. The number of aryl methyl sites for hydroxylation is 1. The lowest BCUT2D eigenvalue weighted by Crippen LogP contribution is -2.31. The maximum atomic E-state index is 13.0. The van der Waals surface area contributed by atoms with Gasteiger partial charge in [0.1, 0.15) is 0 Å². The van der Waals surface area contributed by atoms with Crippen molar-refractivity contribution in [2.24, 2.45) is 11.8 Å². The summed E-state index contributed by atoms with van der Waals surface area (Å²) in [4.78, 5) is 26.5. The zero-order chi connectivity index (χ0) is 18.3. The number of aliphatic carboxylic acids is 1. The van der Waals surface area contributed by atoms with E-state index in [-0.39, 0.29) is 23.7 Å². The van der Waals surface area contributed by atoms with Crippen molar-refractivity contribution in [1.29, 1.82) is 0 Å². The third kappa shape index (κ3) is 3.00.